The number of nitrogens with zero attached hydrogens (tertiary/aromatic N) is 1. The first-order valence-corrected chi connectivity index (χ1v) is 4.04. The maximum Gasteiger partial charge on any atom is 0.223 e. The van der Waals surface area contributed by atoms with Crippen molar-refractivity contribution in [2.24, 2.45) is 0 Å². The smallest absolute Gasteiger partial charge is 0.223 e. The van der Waals surface area contributed by atoms with Crippen LogP contribution in [0, 0.1) is 0 Å². The molecule has 1 fully saturated rings. The zero-order valence-corrected chi connectivity index (χ0v) is 6.75. The van der Waals surface area contributed by atoms with E-state index in [9.17, 15) is 9.59 Å². The van der Waals surface area contributed by atoms with Crippen LogP contribution in [0.15, 0.2) is 0 Å². The molecule has 0 spiro atoms. The van der Waals surface area contributed by atoms with Gasteiger partial charge in [-0.3, -0.25) is 4.79 Å². The van der Waals surface area contributed by atoms with Crippen molar-refractivity contribution in [3.63, 3.8) is 0 Å². The van der Waals surface area contributed by atoms with E-state index in [1.165, 1.54) is 0 Å². The standard InChI is InChI=1S/C8H13NO2/c1-2-9-7(6-10)4-3-5-8(9)11/h6-7H,2-5H2,1H3. The molecule has 1 rings (SSSR count). The molecule has 1 aliphatic rings. The molecule has 11 heavy (non-hydrogen) atoms. The second-order valence-corrected chi connectivity index (χ2v) is 2.78. The lowest BCUT2D eigenvalue weighted by Crippen LogP contribution is -2.44. The average Bonchev–Trinajstić information content (AvgIpc) is 2.04. The Morgan fingerprint density at radius 1 is 1.73 bits per heavy atom. The molecule has 3 heteroatoms. The number of amides is 1. The van der Waals surface area contributed by atoms with Crippen LogP contribution in [0.3, 0.4) is 0 Å². The first-order valence-electron chi connectivity index (χ1n) is 4.04. The number of carbonyl (C=O) groups excluding carboxylic acids is 2. The summed E-state index contributed by atoms with van der Waals surface area (Å²) in [6, 6.07) is -0.152. The topological polar surface area (TPSA) is 37.4 Å². The van der Waals surface area contributed by atoms with Crippen LogP contribution in [0.2, 0.25) is 0 Å². The van der Waals surface area contributed by atoms with Gasteiger partial charge in [0.15, 0.2) is 0 Å². The number of hydrogen-bond acceptors (Lipinski definition) is 2. The van der Waals surface area contributed by atoms with Crippen LogP contribution in [-0.4, -0.2) is 29.7 Å². The summed E-state index contributed by atoms with van der Waals surface area (Å²) in [4.78, 5) is 23.3. The Kier molecular flexibility index (Phi) is 2.63. The van der Waals surface area contributed by atoms with E-state index in [1.54, 1.807) is 4.90 Å². The highest BCUT2D eigenvalue weighted by Gasteiger charge is 2.25. The van der Waals surface area contributed by atoms with Gasteiger partial charge in [-0.15, -0.1) is 0 Å². The number of likely N-dealkylation sites (N-methyl/N-ethyl adjacent to an activating group) is 1. The second kappa shape index (κ2) is 3.51. The molecule has 1 unspecified atom stereocenters. The minimum Gasteiger partial charge on any atom is -0.333 e. The monoisotopic (exact) mass is 155 g/mol. The summed E-state index contributed by atoms with van der Waals surface area (Å²) >= 11 is 0. The van der Waals surface area contributed by atoms with Crippen LogP contribution < -0.4 is 0 Å². The van der Waals surface area contributed by atoms with Gasteiger partial charge in [-0.25, -0.2) is 0 Å². The van der Waals surface area contributed by atoms with Crippen molar-refractivity contribution in [2.75, 3.05) is 6.54 Å². The second-order valence-electron chi connectivity index (χ2n) is 2.78. The third kappa shape index (κ3) is 1.59. The quantitative estimate of drug-likeness (QED) is 0.547. The van der Waals surface area contributed by atoms with Crippen LogP contribution in [0.25, 0.3) is 0 Å². The van der Waals surface area contributed by atoms with Crippen molar-refractivity contribution in [3.05, 3.63) is 0 Å². The molecular weight excluding hydrogens is 142 g/mol. The fourth-order valence-electron chi connectivity index (χ4n) is 1.50. The van der Waals surface area contributed by atoms with Crippen molar-refractivity contribution in [1.82, 2.24) is 4.90 Å². The summed E-state index contributed by atoms with van der Waals surface area (Å²) in [7, 11) is 0. The molecule has 3 nitrogen and oxygen atoms in total. The number of aldehydes is 1. The molecule has 0 aliphatic carbocycles. The third-order valence-electron chi connectivity index (χ3n) is 2.11. The number of hydrogen-bond donors (Lipinski definition) is 0. The van der Waals surface area contributed by atoms with Crippen molar-refractivity contribution in [3.8, 4) is 0 Å². The van der Waals surface area contributed by atoms with Crippen LogP contribution in [0.1, 0.15) is 26.2 Å². The number of likely N-dealkylation sites (tertiary alicyclic amines) is 1. The highest BCUT2D eigenvalue weighted by Crippen LogP contribution is 2.15. The third-order valence-corrected chi connectivity index (χ3v) is 2.11. The van der Waals surface area contributed by atoms with Crippen LogP contribution in [0.5, 0.6) is 0 Å². The summed E-state index contributed by atoms with van der Waals surface area (Å²) in [5.74, 6) is 0.121. The van der Waals surface area contributed by atoms with Crippen LogP contribution in [0.4, 0.5) is 0 Å². The highest BCUT2D eigenvalue weighted by atomic mass is 16.2. The Labute approximate surface area is 66.4 Å². The normalized spacial score (nSPS) is 25.4. The van der Waals surface area contributed by atoms with E-state index in [0.29, 0.717) is 13.0 Å². The lowest BCUT2D eigenvalue weighted by molar-refractivity contribution is -0.139. The summed E-state index contributed by atoms with van der Waals surface area (Å²) < 4.78 is 0. The fourth-order valence-corrected chi connectivity index (χ4v) is 1.50. The average molecular weight is 155 g/mol. The minimum atomic E-state index is -0.152. The maximum absolute atomic E-state index is 11.2. The summed E-state index contributed by atoms with van der Waals surface area (Å²) in [6.45, 7) is 2.56. The SMILES string of the molecule is CCN1C(=O)CCCC1C=O. The molecule has 1 saturated heterocycles. The van der Waals surface area contributed by atoms with Gasteiger partial charge in [-0.05, 0) is 19.8 Å². The molecule has 0 aromatic heterocycles. The summed E-state index contributed by atoms with van der Waals surface area (Å²) in [5, 5.41) is 0. The molecule has 0 aromatic carbocycles. The molecule has 0 bridgehead atoms. The molecule has 1 aliphatic heterocycles. The van der Waals surface area contributed by atoms with Gasteiger partial charge in [-0.2, -0.15) is 0 Å². The van der Waals surface area contributed by atoms with E-state index < -0.39 is 0 Å². The highest BCUT2D eigenvalue weighted by molar-refractivity contribution is 5.80. The Hall–Kier alpha value is -0.860. The van der Waals surface area contributed by atoms with E-state index in [2.05, 4.69) is 0 Å². The zero-order chi connectivity index (χ0) is 8.27. The van der Waals surface area contributed by atoms with Crippen LogP contribution >= 0.6 is 0 Å². The Bertz CT molecular complexity index is 167. The van der Waals surface area contributed by atoms with Gasteiger partial charge in [-0.1, -0.05) is 0 Å². The van der Waals surface area contributed by atoms with Crippen molar-refractivity contribution < 1.29 is 9.59 Å². The van der Waals surface area contributed by atoms with Gasteiger partial charge in [0.05, 0.1) is 6.04 Å². The van der Waals surface area contributed by atoms with E-state index >= 15 is 0 Å². The Morgan fingerprint density at radius 2 is 2.45 bits per heavy atom. The molecule has 1 atom stereocenters. The molecule has 62 valence electrons. The van der Waals surface area contributed by atoms with Crippen molar-refractivity contribution >= 4 is 12.2 Å². The van der Waals surface area contributed by atoms with Gasteiger partial charge in [0.25, 0.3) is 0 Å². The van der Waals surface area contributed by atoms with Gasteiger partial charge >= 0.3 is 0 Å². The summed E-state index contributed by atoms with van der Waals surface area (Å²) in [5.41, 5.74) is 0. The molecule has 0 N–H and O–H groups in total. The van der Waals surface area contributed by atoms with E-state index in [0.717, 1.165) is 19.1 Å². The zero-order valence-electron chi connectivity index (χ0n) is 6.75. The molecule has 0 radical (unpaired) electrons. The van der Waals surface area contributed by atoms with Crippen molar-refractivity contribution in [2.45, 2.75) is 32.2 Å². The molecule has 0 aromatic rings. The van der Waals surface area contributed by atoms with Crippen LogP contribution in [-0.2, 0) is 9.59 Å². The predicted octanol–water partition coefficient (Wildman–Crippen LogP) is 0.586. The van der Waals surface area contributed by atoms with Gasteiger partial charge in [0.1, 0.15) is 6.29 Å². The number of carbonyl (C=O) groups is 2. The van der Waals surface area contributed by atoms with E-state index in [4.69, 9.17) is 0 Å². The van der Waals surface area contributed by atoms with Gasteiger partial charge in [0, 0.05) is 13.0 Å². The largest absolute Gasteiger partial charge is 0.333 e. The molecule has 1 heterocycles. The minimum absolute atomic E-state index is 0.121. The molecular formula is C8H13NO2. The first-order chi connectivity index (χ1) is 5.29. The van der Waals surface area contributed by atoms with Gasteiger partial charge in [0.2, 0.25) is 5.91 Å². The van der Waals surface area contributed by atoms with Gasteiger partial charge < -0.3 is 9.69 Å². The lowest BCUT2D eigenvalue weighted by Gasteiger charge is -2.30. The first kappa shape index (κ1) is 8.24. The van der Waals surface area contributed by atoms with Crippen molar-refractivity contribution in [1.29, 1.82) is 0 Å². The fraction of sp³-hybridized carbons (Fsp3) is 0.750. The lowest BCUT2D eigenvalue weighted by atomic mass is 10.0. The van der Waals surface area contributed by atoms with E-state index in [-0.39, 0.29) is 11.9 Å². The Balaban J connectivity index is 2.63. The number of rotatable bonds is 2. The molecule has 1 amide bonds. The Morgan fingerprint density at radius 3 is 2.91 bits per heavy atom. The number of piperidine rings is 1. The summed E-state index contributed by atoms with van der Waals surface area (Å²) in [6.07, 6.45) is 3.18. The predicted molar refractivity (Wildman–Crippen MR) is 41.1 cm³/mol. The maximum atomic E-state index is 11.2. The van der Waals surface area contributed by atoms with E-state index in [1.807, 2.05) is 6.92 Å². The molecule has 0 saturated carbocycles.